The summed E-state index contributed by atoms with van der Waals surface area (Å²) < 4.78 is 6.41. The van der Waals surface area contributed by atoms with Crippen LogP contribution >= 0.6 is 34.8 Å². The zero-order chi connectivity index (χ0) is 19.7. The zero-order valence-corrected chi connectivity index (χ0v) is 17.0. The maximum absolute atomic E-state index is 11.5. The van der Waals surface area contributed by atoms with Crippen molar-refractivity contribution >= 4 is 52.3 Å². The smallest absolute Gasteiger partial charge is 0.298 e. The molecule has 2 heterocycles. The summed E-state index contributed by atoms with van der Waals surface area (Å²) in [5, 5.41) is 12.3. The van der Waals surface area contributed by atoms with E-state index in [9.17, 15) is 10.1 Å². The maximum atomic E-state index is 11.5. The van der Waals surface area contributed by atoms with Crippen molar-refractivity contribution in [3.05, 3.63) is 66.7 Å². The minimum Gasteiger partial charge on any atom is -0.461 e. The molecule has 4 rings (SSSR count). The van der Waals surface area contributed by atoms with Gasteiger partial charge in [0.15, 0.2) is 5.75 Å². The van der Waals surface area contributed by atoms with Crippen LogP contribution in [0.1, 0.15) is 25.0 Å². The molecule has 2 aliphatic rings. The Morgan fingerprint density at radius 2 is 1.85 bits per heavy atom. The molecule has 0 bridgehead atoms. The van der Waals surface area contributed by atoms with E-state index in [0.29, 0.717) is 5.02 Å². The van der Waals surface area contributed by atoms with Gasteiger partial charge >= 0.3 is 0 Å². The molecule has 0 saturated heterocycles. The van der Waals surface area contributed by atoms with E-state index in [0.717, 1.165) is 11.3 Å². The Morgan fingerprint density at radius 1 is 1.15 bits per heavy atom. The molecule has 0 radical (unpaired) electrons. The number of halogens is 3. The predicted octanol–water partition coefficient (Wildman–Crippen LogP) is 6.08. The minimum atomic E-state index is -0.918. The zero-order valence-electron chi connectivity index (χ0n) is 14.7. The van der Waals surface area contributed by atoms with E-state index in [2.05, 4.69) is 0 Å². The predicted molar refractivity (Wildman–Crippen MR) is 108 cm³/mol. The highest BCUT2D eigenvalue weighted by molar-refractivity contribution is 6.37. The van der Waals surface area contributed by atoms with Crippen LogP contribution in [0.5, 0.6) is 5.75 Å². The lowest BCUT2D eigenvalue weighted by Gasteiger charge is -2.45. The van der Waals surface area contributed by atoms with Crippen LogP contribution in [-0.2, 0) is 5.41 Å². The summed E-state index contributed by atoms with van der Waals surface area (Å²) in [4.78, 5) is 13.0. The molecule has 1 spiro atoms. The molecule has 5 nitrogen and oxygen atoms in total. The Labute approximate surface area is 171 Å². The van der Waals surface area contributed by atoms with E-state index in [1.807, 2.05) is 50.1 Å². The lowest BCUT2D eigenvalue weighted by Crippen LogP contribution is -2.58. The van der Waals surface area contributed by atoms with E-state index in [-0.39, 0.29) is 27.0 Å². The van der Waals surface area contributed by atoms with Gasteiger partial charge in [-0.3, -0.25) is 10.1 Å². The highest BCUT2D eigenvalue weighted by Gasteiger charge is 2.58. The molecule has 2 aromatic carbocycles. The summed E-state index contributed by atoms with van der Waals surface area (Å²) in [6, 6.07) is 7.02. The number of hydrogen-bond donors (Lipinski definition) is 0. The third kappa shape index (κ3) is 2.32. The van der Waals surface area contributed by atoms with Gasteiger partial charge in [0.1, 0.15) is 5.02 Å². The molecular formula is C19H15Cl3N2O3. The number of nitro groups is 1. The van der Waals surface area contributed by atoms with Crippen molar-refractivity contribution < 1.29 is 9.66 Å². The summed E-state index contributed by atoms with van der Waals surface area (Å²) in [5.41, 5.74) is 0.608. The monoisotopic (exact) mass is 424 g/mol. The van der Waals surface area contributed by atoms with Gasteiger partial charge in [-0.1, -0.05) is 34.8 Å². The Bertz CT molecular complexity index is 1040. The molecule has 8 heteroatoms. The van der Waals surface area contributed by atoms with E-state index in [1.54, 1.807) is 6.08 Å². The van der Waals surface area contributed by atoms with Gasteiger partial charge in [0, 0.05) is 17.8 Å². The van der Waals surface area contributed by atoms with Crippen LogP contribution in [0.15, 0.2) is 30.3 Å². The minimum absolute atomic E-state index is 0.0259. The second-order valence-corrected chi connectivity index (χ2v) is 8.42. The van der Waals surface area contributed by atoms with Gasteiger partial charge in [-0.05, 0) is 55.8 Å². The number of anilines is 1. The van der Waals surface area contributed by atoms with Gasteiger partial charge in [0.25, 0.3) is 5.69 Å². The van der Waals surface area contributed by atoms with Gasteiger partial charge in [0.2, 0.25) is 5.72 Å². The van der Waals surface area contributed by atoms with Crippen LogP contribution in [0.25, 0.3) is 6.08 Å². The molecule has 0 aromatic heterocycles. The van der Waals surface area contributed by atoms with E-state index >= 15 is 0 Å². The van der Waals surface area contributed by atoms with Crippen molar-refractivity contribution in [2.75, 3.05) is 11.9 Å². The lowest BCUT2D eigenvalue weighted by atomic mass is 9.76. The summed E-state index contributed by atoms with van der Waals surface area (Å²) in [7, 11) is 1.91. The normalized spacial score (nSPS) is 21.8. The van der Waals surface area contributed by atoms with Crippen molar-refractivity contribution in [2.45, 2.75) is 25.0 Å². The molecule has 1 atom stereocenters. The highest BCUT2D eigenvalue weighted by atomic mass is 35.5. The number of nitro benzene ring substituents is 1. The van der Waals surface area contributed by atoms with Gasteiger partial charge in [-0.15, -0.1) is 0 Å². The van der Waals surface area contributed by atoms with Crippen molar-refractivity contribution in [3.63, 3.8) is 0 Å². The first-order valence-corrected chi connectivity index (χ1v) is 9.32. The number of ether oxygens (including phenoxy) is 1. The molecule has 0 saturated carbocycles. The van der Waals surface area contributed by atoms with E-state index < -0.39 is 16.1 Å². The van der Waals surface area contributed by atoms with Gasteiger partial charge in [0.05, 0.1) is 20.9 Å². The summed E-state index contributed by atoms with van der Waals surface area (Å²) in [6.45, 7) is 4.08. The fourth-order valence-electron chi connectivity index (χ4n) is 4.05. The third-order valence-electron chi connectivity index (χ3n) is 5.50. The third-order valence-corrected chi connectivity index (χ3v) is 6.30. The quantitative estimate of drug-likeness (QED) is 0.410. The summed E-state index contributed by atoms with van der Waals surface area (Å²) in [5.74, 6) is 0.245. The molecule has 27 heavy (non-hydrogen) atoms. The number of nitrogens with zero attached hydrogens (tertiary/aromatic N) is 2. The molecular weight excluding hydrogens is 411 g/mol. The van der Waals surface area contributed by atoms with Crippen LogP contribution in [0.3, 0.4) is 0 Å². The Kier molecular flexibility index (Phi) is 3.94. The number of hydrogen-bond acceptors (Lipinski definition) is 4. The van der Waals surface area contributed by atoms with Crippen molar-refractivity contribution in [3.8, 4) is 5.75 Å². The molecule has 2 aromatic rings. The average molecular weight is 426 g/mol. The fraction of sp³-hybridized carbons (Fsp3) is 0.263. The first-order chi connectivity index (χ1) is 12.6. The van der Waals surface area contributed by atoms with E-state index in [1.165, 1.54) is 6.07 Å². The van der Waals surface area contributed by atoms with Crippen LogP contribution in [-0.4, -0.2) is 17.7 Å². The second-order valence-electron chi connectivity index (χ2n) is 7.17. The molecule has 140 valence electrons. The maximum Gasteiger partial charge on any atom is 0.298 e. The first kappa shape index (κ1) is 18.4. The van der Waals surface area contributed by atoms with Crippen molar-refractivity contribution in [1.82, 2.24) is 0 Å². The van der Waals surface area contributed by atoms with Gasteiger partial charge in [-0.2, -0.15) is 0 Å². The highest BCUT2D eigenvalue weighted by Crippen LogP contribution is 2.56. The molecule has 1 unspecified atom stereocenters. The van der Waals surface area contributed by atoms with Crippen molar-refractivity contribution in [1.29, 1.82) is 0 Å². The standard InChI is InChI=1S/C19H15Cl3N2O3/c1-18(2)12-8-10(20)4-5-15(12)23(3)19(18)7-6-11-16(24(25)26)13(21)9-14(22)17(11)27-19/h4-9H,1-3H3. The molecule has 0 amide bonds. The average Bonchev–Trinajstić information content (AvgIpc) is 2.74. The van der Waals surface area contributed by atoms with Crippen LogP contribution in [0.4, 0.5) is 11.4 Å². The number of fused-ring (bicyclic) bond motifs is 2. The number of benzene rings is 2. The van der Waals surface area contributed by atoms with Crippen LogP contribution < -0.4 is 9.64 Å². The lowest BCUT2D eigenvalue weighted by molar-refractivity contribution is -0.385. The first-order valence-electron chi connectivity index (χ1n) is 8.18. The number of rotatable bonds is 1. The fourth-order valence-corrected chi connectivity index (χ4v) is 4.81. The van der Waals surface area contributed by atoms with Crippen LogP contribution in [0, 0.1) is 10.1 Å². The largest absolute Gasteiger partial charge is 0.461 e. The molecule has 0 aliphatic carbocycles. The van der Waals surface area contributed by atoms with Crippen molar-refractivity contribution in [2.24, 2.45) is 0 Å². The second kappa shape index (κ2) is 5.77. The molecule has 0 fully saturated rings. The van der Waals surface area contributed by atoms with Gasteiger partial charge in [-0.25, -0.2) is 0 Å². The molecule has 0 N–H and O–H groups in total. The SMILES string of the molecule is CN1c2ccc(Cl)cc2C(C)(C)C12C=Cc1c(c(Cl)cc(Cl)c1[N+](=O)[O-])O2. The number of likely N-dealkylation sites (N-methyl/N-ethyl adjacent to an activating group) is 1. The Hall–Kier alpha value is -1.95. The van der Waals surface area contributed by atoms with Crippen LogP contribution in [0.2, 0.25) is 15.1 Å². The van der Waals surface area contributed by atoms with E-state index in [4.69, 9.17) is 39.5 Å². The Balaban J connectivity index is 1.94. The topological polar surface area (TPSA) is 55.6 Å². The Morgan fingerprint density at radius 3 is 2.52 bits per heavy atom. The molecule has 2 aliphatic heterocycles. The summed E-state index contributed by atoms with van der Waals surface area (Å²) >= 11 is 18.6. The summed E-state index contributed by atoms with van der Waals surface area (Å²) in [6.07, 6.45) is 3.49. The van der Waals surface area contributed by atoms with Gasteiger partial charge < -0.3 is 9.64 Å².